The van der Waals surface area contributed by atoms with Crippen molar-refractivity contribution in [2.24, 2.45) is 4.99 Å². The van der Waals surface area contributed by atoms with Crippen LogP contribution in [-0.2, 0) is 21.7 Å². The molecular formula is C16H21NO4. The molecule has 0 spiro atoms. The second-order valence-corrected chi connectivity index (χ2v) is 5.20. The third-order valence-corrected chi connectivity index (χ3v) is 4.12. The van der Waals surface area contributed by atoms with Gasteiger partial charge in [-0.15, -0.1) is 0 Å². The van der Waals surface area contributed by atoms with Gasteiger partial charge in [-0.25, -0.2) is 4.79 Å². The SMILES string of the molecule is COCc1c(OC)ccc(OC)c1C1(N=C=O)CCCC1. The van der Waals surface area contributed by atoms with Crippen molar-refractivity contribution in [3.63, 3.8) is 0 Å². The van der Waals surface area contributed by atoms with Crippen LogP contribution in [0.15, 0.2) is 17.1 Å². The van der Waals surface area contributed by atoms with Crippen molar-refractivity contribution in [1.29, 1.82) is 0 Å². The summed E-state index contributed by atoms with van der Waals surface area (Å²) in [6, 6.07) is 3.71. The Bertz CT molecular complexity index is 543. The number of benzene rings is 1. The molecule has 0 unspecified atom stereocenters. The molecular weight excluding hydrogens is 270 g/mol. The van der Waals surface area contributed by atoms with Crippen molar-refractivity contribution in [2.45, 2.75) is 37.8 Å². The van der Waals surface area contributed by atoms with Crippen LogP contribution in [0.5, 0.6) is 11.5 Å². The summed E-state index contributed by atoms with van der Waals surface area (Å²) in [6.07, 6.45) is 5.41. The molecule has 0 radical (unpaired) electrons. The molecule has 21 heavy (non-hydrogen) atoms. The van der Waals surface area contributed by atoms with Crippen LogP contribution in [0.25, 0.3) is 0 Å². The monoisotopic (exact) mass is 291 g/mol. The third-order valence-electron chi connectivity index (χ3n) is 4.12. The van der Waals surface area contributed by atoms with Crippen molar-refractivity contribution in [3.05, 3.63) is 23.3 Å². The molecule has 1 aromatic rings. The van der Waals surface area contributed by atoms with Gasteiger partial charge in [-0.2, -0.15) is 4.99 Å². The topological polar surface area (TPSA) is 57.1 Å². The molecule has 1 aromatic carbocycles. The molecule has 1 aliphatic rings. The first-order valence-electron chi connectivity index (χ1n) is 7.04. The fraction of sp³-hybridized carbons (Fsp3) is 0.562. The summed E-state index contributed by atoms with van der Waals surface area (Å²) in [5.41, 5.74) is 1.21. The van der Waals surface area contributed by atoms with Crippen LogP contribution < -0.4 is 9.47 Å². The summed E-state index contributed by atoms with van der Waals surface area (Å²) in [5, 5.41) is 0. The van der Waals surface area contributed by atoms with E-state index in [1.165, 1.54) is 0 Å². The maximum Gasteiger partial charge on any atom is 0.235 e. The van der Waals surface area contributed by atoms with Crippen LogP contribution in [0.1, 0.15) is 36.8 Å². The summed E-state index contributed by atoms with van der Waals surface area (Å²) in [4.78, 5) is 15.1. The highest BCUT2D eigenvalue weighted by atomic mass is 16.5. The fourth-order valence-electron chi connectivity index (χ4n) is 3.23. The lowest BCUT2D eigenvalue weighted by Gasteiger charge is -2.28. The fourth-order valence-corrected chi connectivity index (χ4v) is 3.23. The van der Waals surface area contributed by atoms with Gasteiger partial charge in [-0.1, -0.05) is 12.8 Å². The van der Waals surface area contributed by atoms with Crippen LogP contribution in [-0.4, -0.2) is 27.4 Å². The Hall–Kier alpha value is -1.84. The van der Waals surface area contributed by atoms with E-state index in [1.807, 2.05) is 12.1 Å². The van der Waals surface area contributed by atoms with Crippen LogP contribution in [0.4, 0.5) is 0 Å². The van der Waals surface area contributed by atoms with E-state index >= 15 is 0 Å². The summed E-state index contributed by atoms with van der Waals surface area (Å²) in [7, 11) is 4.87. The van der Waals surface area contributed by atoms with Gasteiger partial charge in [0.1, 0.15) is 17.0 Å². The van der Waals surface area contributed by atoms with E-state index < -0.39 is 5.54 Å². The first kappa shape index (κ1) is 15.5. The molecule has 1 saturated carbocycles. The minimum atomic E-state index is -0.574. The molecule has 0 atom stereocenters. The van der Waals surface area contributed by atoms with Crippen molar-refractivity contribution >= 4 is 6.08 Å². The first-order chi connectivity index (χ1) is 10.2. The van der Waals surface area contributed by atoms with Gasteiger partial charge in [0.25, 0.3) is 0 Å². The quantitative estimate of drug-likeness (QED) is 0.597. The molecule has 0 N–H and O–H groups in total. The van der Waals surface area contributed by atoms with E-state index in [4.69, 9.17) is 14.2 Å². The molecule has 5 nitrogen and oxygen atoms in total. The summed E-state index contributed by atoms with van der Waals surface area (Å²) < 4.78 is 16.3. The van der Waals surface area contributed by atoms with Gasteiger partial charge in [0, 0.05) is 18.2 Å². The van der Waals surface area contributed by atoms with Crippen molar-refractivity contribution in [1.82, 2.24) is 0 Å². The minimum absolute atomic E-state index is 0.381. The molecule has 1 fully saturated rings. The molecule has 2 rings (SSSR count). The van der Waals surface area contributed by atoms with E-state index in [2.05, 4.69) is 4.99 Å². The average molecular weight is 291 g/mol. The molecule has 0 amide bonds. The first-order valence-corrected chi connectivity index (χ1v) is 7.04. The van der Waals surface area contributed by atoms with Crippen LogP contribution in [0.3, 0.4) is 0 Å². The number of hydrogen-bond donors (Lipinski definition) is 0. The second-order valence-electron chi connectivity index (χ2n) is 5.20. The molecule has 0 heterocycles. The Kier molecular flexibility index (Phi) is 4.99. The zero-order valence-electron chi connectivity index (χ0n) is 12.8. The molecule has 0 aromatic heterocycles. The predicted octanol–water partition coefficient (Wildman–Crippen LogP) is 2.96. The highest BCUT2D eigenvalue weighted by molar-refractivity contribution is 5.54. The number of nitrogens with zero attached hydrogens (tertiary/aromatic N) is 1. The minimum Gasteiger partial charge on any atom is -0.496 e. The molecule has 0 aliphatic heterocycles. The second kappa shape index (κ2) is 6.74. The van der Waals surface area contributed by atoms with Gasteiger partial charge in [0.15, 0.2) is 0 Å². The zero-order chi connectivity index (χ0) is 15.3. The lowest BCUT2D eigenvalue weighted by molar-refractivity contribution is 0.178. The molecule has 5 heteroatoms. The van der Waals surface area contributed by atoms with Crippen molar-refractivity contribution in [3.8, 4) is 11.5 Å². The van der Waals surface area contributed by atoms with Crippen molar-refractivity contribution < 1.29 is 19.0 Å². The van der Waals surface area contributed by atoms with Gasteiger partial charge < -0.3 is 14.2 Å². The summed E-state index contributed by atoms with van der Waals surface area (Å²) >= 11 is 0. The Morgan fingerprint density at radius 3 is 2.29 bits per heavy atom. The Morgan fingerprint density at radius 2 is 1.76 bits per heavy atom. The number of methoxy groups -OCH3 is 3. The van der Waals surface area contributed by atoms with Gasteiger partial charge in [-0.05, 0) is 25.0 Å². The number of ether oxygens (including phenoxy) is 3. The van der Waals surface area contributed by atoms with E-state index in [-0.39, 0.29) is 0 Å². The number of hydrogen-bond acceptors (Lipinski definition) is 5. The molecule has 0 bridgehead atoms. The summed E-state index contributed by atoms with van der Waals surface area (Å²) in [5.74, 6) is 1.43. The largest absolute Gasteiger partial charge is 0.496 e. The number of rotatable bonds is 6. The van der Waals surface area contributed by atoms with Crippen LogP contribution in [0.2, 0.25) is 0 Å². The number of isocyanates is 1. The van der Waals surface area contributed by atoms with Crippen molar-refractivity contribution in [2.75, 3.05) is 21.3 Å². The van der Waals surface area contributed by atoms with Crippen LogP contribution in [0, 0.1) is 0 Å². The number of aliphatic imine (C=N–C) groups is 1. The Labute approximate surface area is 124 Å². The maximum absolute atomic E-state index is 11.0. The van der Waals surface area contributed by atoms with Gasteiger partial charge >= 0.3 is 0 Å². The normalized spacial score (nSPS) is 16.3. The number of carbonyl (C=O) groups excluding carboxylic acids is 1. The van der Waals surface area contributed by atoms with E-state index in [9.17, 15) is 4.79 Å². The van der Waals surface area contributed by atoms with E-state index in [1.54, 1.807) is 27.4 Å². The van der Waals surface area contributed by atoms with Gasteiger partial charge in [0.2, 0.25) is 6.08 Å². The highest BCUT2D eigenvalue weighted by Gasteiger charge is 2.40. The van der Waals surface area contributed by atoms with Crippen LogP contribution >= 0.6 is 0 Å². The standard InChI is InChI=1S/C16H21NO4/c1-19-10-12-13(20-2)6-7-14(21-3)15(12)16(17-11-18)8-4-5-9-16/h6-7H,4-5,8-10H2,1-3H3. The third kappa shape index (κ3) is 2.80. The maximum atomic E-state index is 11.0. The van der Waals surface area contributed by atoms with Gasteiger partial charge in [0.05, 0.1) is 20.8 Å². The highest BCUT2D eigenvalue weighted by Crippen LogP contribution is 2.49. The summed E-state index contributed by atoms with van der Waals surface area (Å²) in [6.45, 7) is 0.381. The molecule has 1 aliphatic carbocycles. The molecule has 0 saturated heterocycles. The molecule has 114 valence electrons. The van der Waals surface area contributed by atoms with E-state index in [0.29, 0.717) is 12.4 Å². The lowest BCUT2D eigenvalue weighted by Crippen LogP contribution is -2.23. The van der Waals surface area contributed by atoms with Gasteiger partial charge in [-0.3, -0.25) is 0 Å². The Morgan fingerprint density at radius 1 is 1.14 bits per heavy atom. The zero-order valence-corrected chi connectivity index (χ0v) is 12.8. The smallest absolute Gasteiger partial charge is 0.235 e. The Balaban J connectivity index is 2.70. The van der Waals surface area contributed by atoms with E-state index in [0.717, 1.165) is 42.6 Å². The average Bonchev–Trinajstić information content (AvgIpc) is 2.96. The lowest BCUT2D eigenvalue weighted by atomic mass is 9.84. The predicted molar refractivity (Wildman–Crippen MR) is 78.5 cm³/mol.